The van der Waals surface area contributed by atoms with Gasteiger partial charge in [0.2, 0.25) is 0 Å². The first-order valence-corrected chi connectivity index (χ1v) is 3.05. The summed E-state index contributed by atoms with van der Waals surface area (Å²) in [5.74, 6) is 0. The van der Waals surface area contributed by atoms with E-state index in [2.05, 4.69) is 10.1 Å². The van der Waals surface area contributed by atoms with Gasteiger partial charge in [0.15, 0.2) is 0 Å². The number of rotatable bonds is 3. The highest BCUT2D eigenvalue weighted by molar-refractivity contribution is 5.66. The molecular weight excluding hydrogens is 134 g/mol. The summed E-state index contributed by atoms with van der Waals surface area (Å²) in [5.41, 5.74) is 0. The summed E-state index contributed by atoms with van der Waals surface area (Å²) in [7, 11) is 2.91. The van der Waals surface area contributed by atoms with Crippen LogP contribution in [0.4, 0.5) is 4.79 Å². The first-order valence-electron chi connectivity index (χ1n) is 3.05. The number of methoxy groups -OCH3 is 2. The Morgan fingerprint density at radius 1 is 1.60 bits per heavy atom. The molecule has 1 amide bonds. The van der Waals surface area contributed by atoms with Crippen LogP contribution in [0.3, 0.4) is 0 Å². The second-order valence-corrected chi connectivity index (χ2v) is 1.92. The highest BCUT2D eigenvalue weighted by Crippen LogP contribution is 1.83. The topological polar surface area (TPSA) is 47.6 Å². The molecule has 0 unspecified atom stereocenters. The minimum atomic E-state index is -0.427. The molecule has 0 fully saturated rings. The highest BCUT2D eigenvalue weighted by Gasteiger charge is 2.01. The highest BCUT2D eigenvalue weighted by atomic mass is 16.5. The van der Waals surface area contributed by atoms with Gasteiger partial charge in [0, 0.05) is 13.7 Å². The molecule has 0 aromatic carbocycles. The maximum Gasteiger partial charge on any atom is 0.406 e. The van der Waals surface area contributed by atoms with Crippen molar-refractivity contribution in [2.75, 3.05) is 20.8 Å². The van der Waals surface area contributed by atoms with E-state index in [4.69, 9.17) is 4.74 Å². The lowest BCUT2D eigenvalue weighted by Crippen LogP contribution is -2.31. The second-order valence-electron chi connectivity index (χ2n) is 1.92. The van der Waals surface area contributed by atoms with Crippen LogP contribution in [-0.4, -0.2) is 33.0 Å². The fourth-order valence-corrected chi connectivity index (χ4v) is 0.383. The lowest BCUT2D eigenvalue weighted by Gasteiger charge is -2.08. The summed E-state index contributed by atoms with van der Waals surface area (Å²) in [6.45, 7) is 2.33. The summed E-state index contributed by atoms with van der Waals surface area (Å²) in [6, 6.07) is 0. The van der Waals surface area contributed by atoms with Crippen LogP contribution in [-0.2, 0) is 9.47 Å². The Morgan fingerprint density at radius 2 is 2.20 bits per heavy atom. The summed E-state index contributed by atoms with van der Waals surface area (Å²) >= 11 is 0. The fraction of sp³-hybridized carbons (Fsp3) is 0.833. The molecule has 4 heteroatoms. The van der Waals surface area contributed by atoms with E-state index in [1.807, 2.05) is 6.92 Å². The molecule has 0 aliphatic rings. The zero-order chi connectivity index (χ0) is 7.98. The summed E-state index contributed by atoms with van der Waals surface area (Å²) < 4.78 is 9.21. The van der Waals surface area contributed by atoms with Gasteiger partial charge in [-0.1, -0.05) is 0 Å². The van der Waals surface area contributed by atoms with Crippen molar-refractivity contribution < 1.29 is 14.3 Å². The van der Waals surface area contributed by atoms with Gasteiger partial charge in [0.05, 0.1) is 13.2 Å². The molecule has 4 nitrogen and oxygen atoms in total. The minimum absolute atomic E-state index is 0.0269. The monoisotopic (exact) mass is 147 g/mol. The van der Waals surface area contributed by atoms with Gasteiger partial charge in [0.1, 0.15) is 0 Å². The van der Waals surface area contributed by atoms with E-state index in [9.17, 15) is 4.79 Å². The molecule has 0 aromatic rings. The van der Waals surface area contributed by atoms with E-state index < -0.39 is 6.09 Å². The number of carbonyl (C=O) groups is 1. The van der Waals surface area contributed by atoms with Crippen molar-refractivity contribution in [1.29, 1.82) is 0 Å². The lowest BCUT2D eigenvalue weighted by molar-refractivity contribution is 0.111. The van der Waals surface area contributed by atoms with Crippen LogP contribution in [0.25, 0.3) is 0 Å². The predicted molar refractivity (Wildman–Crippen MR) is 36.9 cm³/mol. The van der Waals surface area contributed by atoms with Crippen LogP contribution < -0.4 is 5.32 Å². The molecule has 0 saturated heterocycles. The molecule has 10 heavy (non-hydrogen) atoms. The average molecular weight is 147 g/mol. The molecule has 0 aliphatic carbocycles. The summed E-state index contributed by atoms with van der Waals surface area (Å²) in [6.07, 6.45) is -0.400. The maximum absolute atomic E-state index is 10.4. The van der Waals surface area contributed by atoms with Gasteiger partial charge < -0.3 is 14.8 Å². The molecule has 1 N–H and O–H groups in total. The molecule has 0 bridgehead atoms. The van der Waals surface area contributed by atoms with Crippen molar-refractivity contribution in [3.8, 4) is 0 Å². The van der Waals surface area contributed by atoms with Gasteiger partial charge in [-0.25, -0.2) is 4.79 Å². The van der Waals surface area contributed by atoms with Gasteiger partial charge in [-0.2, -0.15) is 0 Å². The zero-order valence-electron chi connectivity index (χ0n) is 6.51. The van der Waals surface area contributed by atoms with Crippen LogP contribution in [0.5, 0.6) is 0 Å². The molecule has 0 spiro atoms. The Kier molecular flexibility index (Phi) is 4.66. The predicted octanol–water partition coefficient (Wildman–Crippen LogP) is 0.377. The van der Waals surface area contributed by atoms with E-state index in [0.717, 1.165) is 0 Å². The van der Waals surface area contributed by atoms with Gasteiger partial charge in [0.25, 0.3) is 0 Å². The minimum Gasteiger partial charge on any atom is -0.453 e. The Labute approximate surface area is 60.5 Å². The smallest absolute Gasteiger partial charge is 0.406 e. The van der Waals surface area contributed by atoms with E-state index in [-0.39, 0.29) is 6.10 Å². The van der Waals surface area contributed by atoms with Gasteiger partial charge in [-0.05, 0) is 6.92 Å². The van der Waals surface area contributed by atoms with E-state index in [1.165, 1.54) is 7.11 Å². The Morgan fingerprint density at radius 3 is 2.60 bits per heavy atom. The third-order valence-electron chi connectivity index (χ3n) is 1.12. The van der Waals surface area contributed by atoms with E-state index in [0.29, 0.717) is 6.54 Å². The third-order valence-corrected chi connectivity index (χ3v) is 1.12. The van der Waals surface area contributed by atoms with Crippen LogP contribution in [0.15, 0.2) is 0 Å². The first kappa shape index (κ1) is 9.23. The van der Waals surface area contributed by atoms with Crippen molar-refractivity contribution >= 4 is 6.09 Å². The Bertz CT molecular complexity index is 105. The molecule has 0 aliphatic heterocycles. The molecule has 0 heterocycles. The summed E-state index contributed by atoms with van der Waals surface area (Å²) in [4.78, 5) is 10.4. The standard InChI is InChI=1S/C6H13NO3/c1-5(9-2)4-7-6(8)10-3/h5H,4H2,1-3H3,(H,7,8)/t5-/m1/s1. The van der Waals surface area contributed by atoms with E-state index in [1.54, 1.807) is 7.11 Å². The molecule has 60 valence electrons. The van der Waals surface area contributed by atoms with Crippen molar-refractivity contribution in [2.24, 2.45) is 0 Å². The SMILES string of the molecule is COC(=O)NC[C@@H](C)OC. The number of nitrogens with one attached hydrogen (secondary N) is 1. The Balaban J connectivity index is 3.26. The zero-order valence-corrected chi connectivity index (χ0v) is 6.51. The molecule has 0 radical (unpaired) electrons. The average Bonchev–Trinajstić information content (AvgIpc) is 1.99. The maximum atomic E-state index is 10.4. The van der Waals surface area contributed by atoms with Crippen molar-refractivity contribution in [2.45, 2.75) is 13.0 Å². The van der Waals surface area contributed by atoms with Gasteiger partial charge >= 0.3 is 6.09 Å². The molecular formula is C6H13NO3. The number of ether oxygens (including phenoxy) is 2. The van der Waals surface area contributed by atoms with E-state index >= 15 is 0 Å². The first-order chi connectivity index (χ1) is 4.70. The van der Waals surface area contributed by atoms with Crippen molar-refractivity contribution in [3.05, 3.63) is 0 Å². The number of amides is 1. The van der Waals surface area contributed by atoms with Crippen LogP contribution >= 0.6 is 0 Å². The van der Waals surface area contributed by atoms with Crippen LogP contribution in [0.2, 0.25) is 0 Å². The molecule has 0 saturated carbocycles. The molecule has 1 atom stereocenters. The third kappa shape index (κ3) is 4.14. The van der Waals surface area contributed by atoms with Crippen LogP contribution in [0.1, 0.15) is 6.92 Å². The van der Waals surface area contributed by atoms with Crippen molar-refractivity contribution in [3.63, 3.8) is 0 Å². The Hall–Kier alpha value is -0.770. The van der Waals surface area contributed by atoms with Crippen LogP contribution in [0, 0.1) is 0 Å². The quantitative estimate of drug-likeness (QED) is 0.627. The number of alkyl carbamates (subject to hydrolysis) is 1. The number of hydrogen-bond donors (Lipinski definition) is 1. The normalized spacial score (nSPS) is 12.3. The number of hydrogen-bond acceptors (Lipinski definition) is 3. The second kappa shape index (κ2) is 5.05. The lowest BCUT2D eigenvalue weighted by atomic mass is 10.4. The molecule has 0 rings (SSSR count). The van der Waals surface area contributed by atoms with Gasteiger partial charge in [-0.3, -0.25) is 0 Å². The largest absolute Gasteiger partial charge is 0.453 e. The number of carbonyl (C=O) groups excluding carboxylic acids is 1. The fourth-order valence-electron chi connectivity index (χ4n) is 0.383. The summed E-state index contributed by atoms with van der Waals surface area (Å²) in [5, 5.41) is 2.50. The van der Waals surface area contributed by atoms with Gasteiger partial charge in [-0.15, -0.1) is 0 Å². The molecule has 0 aromatic heterocycles. The van der Waals surface area contributed by atoms with Crippen molar-refractivity contribution in [1.82, 2.24) is 5.32 Å².